The van der Waals surface area contributed by atoms with Gasteiger partial charge in [-0.2, -0.15) is 0 Å². The van der Waals surface area contributed by atoms with Crippen LogP contribution in [0, 0.1) is 0 Å². The molecule has 1 aliphatic carbocycles. The topological polar surface area (TPSA) is 35.5 Å². The predicted molar refractivity (Wildman–Crippen MR) is 106 cm³/mol. The van der Waals surface area contributed by atoms with Crippen molar-refractivity contribution in [3.63, 3.8) is 0 Å². The minimum Gasteiger partial charge on any atom is -0.544 e. The Morgan fingerprint density at radius 2 is 1.84 bits per heavy atom. The van der Waals surface area contributed by atoms with Crippen molar-refractivity contribution in [2.75, 3.05) is 7.11 Å². The molecule has 0 bridgehead atoms. The number of ether oxygens (including phenoxy) is 1. The van der Waals surface area contributed by atoms with E-state index < -0.39 is 13.9 Å². The standard InChI is InChI=1S/C21H30O3Si/c1-8-21(23-5)14-13-17(22)15-19(21)16-9-11-18(12-10-16)24-25(6,7)20(2,3)4/h8-14,19H,1,15H2,2-7H3. The molecule has 0 N–H and O–H groups in total. The van der Waals surface area contributed by atoms with E-state index in [1.54, 1.807) is 19.3 Å². The molecule has 0 heterocycles. The third-order valence-electron chi connectivity index (χ3n) is 5.61. The van der Waals surface area contributed by atoms with Crippen LogP contribution in [0.15, 0.2) is 49.1 Å². The summed E-state index contributed by atoms with van der Waals surface area (Å²) in [7, 11) is -0.205. The SMILES string of the molecule is C=CC1(OC)C=CC(=O)CC1c1ccc(O[Si](C)(C)C(C)(C)C)cc1. The molecule has 0 saturated heterocycles. The molecule has 25 heavy (non-hydrogen) atoms. The first-order chi connectivity index (χ1) is 11.5. The maximum Gasteiger partial charge on any atom is 0.250 e. The summed E-state index contributed by atoms with van der Waals surface area (Å²) in [5, 5.41) is 0.153. The monoisotopic (exact) mass is 358 g/mol. The van der Waals surface area contributed by atoms with Crippen LogP contribution in [0.5, 0.6) is 5.75 Å². The van der Waals surface area contributed by atoms with Crippen LogP contribution in [0.25, 0.3) is 0 Å². The molecular weight excluding hydrogens is 328 g/mol. The Morgan fingerprint density at radius 3 is 2.32 bits per heavy atom. The number of hydrogen-bond donors (Lipinski definition) is 0. The van der Waals surface area contributed by atoms with Gasteiger partial charge >= 0.3 is 0 Å². The average molecular weight is 359 g/mol. The summed E-state index contributed by atoms with van der Waals surface area (Å²) in [6.07, 6.45) is 5.60. The zero-order valence-corrected chi connectivity index (χ0v) is 17.3. The van der Waals surface area contributed by atoms with Crippen LogP contribution < -0.4 is 4.43 Å². The van der Waals surface area contributed by atoms with Crippen LogP contribution in [-0.4, -0.2) is 26.8 Å². The molecule has 0 aromatic heterocycles. The van der Waals surface area contributed by atoms with E-state index in [-0.39, 0.29) is 16.7 Å². The molecule has 4 heteroatoms. The Balaban J connectivity index is 2.29. The largest absolute Gasteiger partial charge is 0.544 e. The Labute approximate surface area is 152 Å². The number of ketones is 1. The highest BCUT2D eigenvalue weighted by atomic mass is 28.4. The van der Waals surface area contributed by atoms with Crippen molar-refractivity contribution >= 4 is 14.1 Å². The van der Waals surface area contributed by atoms with Crippen molar-refractivity contribution in [3.05, 3.63) is 54.6 Å². The second-order valence-corrected chi connectivity index (χ2v) is 13.0. The maximum absolute atomic E-state index is 11.9. The smallest absolute Gasteiger partial charge is 0.250 e. The quantitative estimate of drug-likeness (QED) is 0.532. The van der Waals surface area contributed by atoms with Gasteiger partial charge in [0.1, 0.15) is 11.4 Å². The minimum atomic E-state index is -1.86. The normalized spacial score (nSPS) is 24.2. The highest BCUT2D eigenvalue weighted by Crippen LogP contribution is 2.41. The van der Waals surface area contributed by atoms with Crippen LogP contribution in [0.4, 0.5) is 0 Å². The molecule has 3 nitrogen and oxygen atoms in total. The summed E-state index contributed by atoms with van der Waals surface area (Å²) in [5.74, 6) is 0.921. The number of allylic oxidation sites excluding steroid dienone is 1. The summed E-state index contributed by atoms with van der Waals surface area (Å²) >= 11 is 0. The number of carbonyl (C=O) groups is 1. The lowest BCUT2D eigenvalue weighted by Crippen LogP contribution is -2.43. The van der Waals surface area contributed by atoms with Gasteiger partial charge in [-0.15, -0.1) is 0 Å². The number of rotatable bonds is 5. The maximum atomic E-state index is 11.9. The molecule has 2 unspecified atom stereocenters. The van der Waals surface area contributed by atoms with Crippen molar-refractivity contribution in [1.29, 1.82) is 0 Å². The summed E-state index contributed by atoms with van der Waals surface area (Å²) in [6.45, 7) is 15.1. The summed E-state index contributed by atoms with van der Waals surface area (Å²) < 4.78 is 12.1. The Hall–Kier alpha value is -1.65. The van der Waals surface area contributed by atoms with Gasteiger partial charge in [-0.1, -0.05) is 45.6 Å². The molecule has 2 rings (SSSR count). The molecule has 0 radical (unpaired) electrons. The van der Waals surface area contributed by atoms with Crippen LogP contribution in [0.1, 0.15) is 38.7 Å². The number of benzene rings is 1. The lowest BCUT2D eigenvalue weighted by molar-refractivity contribution is -0.117. The second-order valence-electron chi connectivity index (χ2n) is 8.25. The third kappa shape index (κ3) is 3.96. The number of methoxy groups -OCH3 is 1. The van der Waals surface area contributed by atoms with E-state index in [1.807, 2.05) is 30.3 Å². The fourth-order valence-electron chi connectivity index (χ4n) is 2.87. The van der Waals surface area contributed by atoms with Crippen molar-refractivity contribution < 1.29 is 14.0 Å². The van der Waals surface area contributed by atoms with E-state index in [2.05, 4.69) is 40.4 Å². The third-order valence-corrected chi connectivity index (χ3v) is 9.97. The van der Waals surface area contributed by atoms with E-state index in [9.17, 15) is 4.79 Å². The fraction of sp³-hybridized carbons (Fsp3) is 0.476. The zero-order valence-electron chi connectivity index (χ0n) is 16.3. The first kappa shape index (κ1) is 19.7. The van der Waals surface area contributed by atoms with E-state index in [4.69, 9.17) is 9.16 Å². The number of hydrogen-bond acceptors (Lipinski definition) is 3. The average Bonchev–Trinajstić information content (AvgIpc) is 2.54. The molecule has 0 spiro atoms. The van der Waals surface area contributed by atoms with Gasteiger partial charge in [0.2, 0.25) is 8.32 Å². The van der Waals surface area contributed by atoms with E-state index in [0.717, 1.165) is 11.3 Å². The van der Waals surface area contributed by atoms with E-state index >= 15 is 0 Å². The molecule has 0 saturated carbocycles. The van der Waals surface area contributed by atoms with Gasteiger partial charge in [-0.25, -0.2) is 0 Å². The van der Waals surface area contributed by atoms with Gasteiger partial charge < -0.3 is 9.16 Å². The molecule has 1 aliphatic rings. The zero-order chi connectivity index (χ0) is 18.9. The van der Waals surface area contributed by atoms with Gasteiger partial charge in [-0.05, 0) is 48.0 Å². The van der Waals surface area contributed by atoms with Crippen molar-refractivity contribution in [3.8, 4) is 5.75 Å². The van der Waals surface area contributed by atoms with Crippen LogP contribution in [-0.2, 0) is 9.53 Å². The molecule has 2 atom stereocenters. The summed E-state index contributed by atoms with van der Waals surface area (Å²) in [5.41, 5.74) is 0.414. The molecule has 136 valence electrons. The lowest BCUT2D eigenvalue weighted by atomic mass is 9.75. The van der Waals surface area contributed by atoms with E-state index in [1.165, 1.54) is 0 Å². The van der Waals surface area contributed by atoms with Gasteiger partial charge in [0.15, 0.2) is 5.78 Å². The van der Waals surface area contributed by atoms with Crippen molar-refractivity contribution in [2.24, 2.45) is 0 Å². The first-order valence-electron chi connectivity index (χ1n) is 8.74. The highest BCUT2D eigenvalue weighted by molar-refractivity contribution is 6.74. The van der Waals surface area contributed by atoms with Gasteiger partial charge in [0, 0.05) is 19.4 Å². The van der Waals surface area contributed by atoms with Crippen molar-refractivity contribution in [1.82, 2.24) is 0 Å². The fourth-order valence-corrected chi connectivity index (χ4v) is 3.90. The van der Waals surface area contributed by atoms with Gasteiger partial charge in [0.25, 0.3) is 0 Å². The van der Waals surface area contributed by atoms with Gasteiger partial charge in [0.05, 0.1) is 0 Å². The molecule has 0 amide bonds. The minimum absolute atomic E-state index is 0.0746. The Kier molecular flexibility index (Phi) is 5.45. The molecule has 0 fully saturated rings. The molecular formula is C21H30O3Si. The van der Waals surface area contributed by atoms with Crippen molar-refractivity contribution in [2.45, 2.75) is 56.8 Å². The highest BCUT2D eigenvalue weighted by Gasteiger charge is 2.40. The van der Waals surface area contributed by atoms with E-state index in [0.29, 0.717) is 6.42 Å². The number of carbonyl (C=O) groups excluding carboxylic acids is 1. The first-order valence-corrected chi connectivity index (χ1v) is 11.7. The van der Waals surface area contributed by atoms with Crippen LogP contribution >= 0.6 is 0 Å². The second kappa shape index (κ2) is 6.93. The Morgan fingerprint density at radius 1 is 1.24 bits per heavy atom. The van der Waals surface area contributed by atoms with Crippen LogP contribution in [0.2, 0.25) is 18.1 Å². The molecule has 1 aromatic carbocycles. The molecule has 0 aliphatic heterocycles. The lowest BCUT2D eigenvalue weighted by Gasteiger charge is -2.38. The predicted octanol–water partition coefficient (Wildman–Crippen LogP) is 5.25. The molecule has 1 aromatic rings. The van der Waals surface area contributed by atoms with Crippen LogP contribution in [0.3, 0.4) is 0 Å². The summed E-state index contributed by atoms with van der Waals surface area (Å²) in [4.78, 5) is 11.9. The Bertz CT molecular complexity index is 667. The van der Waals surface area contributed by atoms with Gasteiger partial charge in [-0.3, -0.25) is 4.79 Å². The summed E-state index contributed by atoms with van der Waals surface area (Å²) in [6, 6.07) is 8.08.